The van der Waals surface area contributed by atoms with E-state index in [0.29, 0.717) is 0 Å². The zero-order chi connectivity index (χ0) is 6.97. The predicted molar refractivity (Wildman–Crippen MR) is 44.5 cm³/mol. The van der Waals surface area contributed by atoms with Gasteiger partial charge in [-0.2, -0.15) is 5.10 Å². The Bertz CT molecular complexity index is 318. The summed E-state index contributed by atoms with van der Waals surface area (Å²) >= 11 is 0. The molecule has 2 aromatic heterocycles. The summed E-state index contributed by atoms with van der Waals surface area (Å²) in [6.07, 6.45) is 1.88. The molecule has 2 rings (SSSR count). The fourth-order valence-electron chi connectivity index (χ4n) is 0.943. The van der Waals surface area contributed by atoms with Gasteiger partial charge in [0.1, 0.15) is 5.82 Å². The van der Waals surface area contributed by atoms with Crippen LogP contribution in [0, 0.1) is 6.92 Å². The molecule has 0 N–H and O–H groups in total. The molecule has 0 saturated heterocycles. The minimum Gasteiger partial charge on any atom is -0.221 e. The third-order valence-electron chi connectivity index (χ3n) is 1.35. The first-order valence-electron chi connectivity index (χ1n) is 3.14. The van der Waals surface area contributed by atoms with Crippen molar-refractivity contribution in [3.63, 3.8) is 0 Å². The third kappa shape index (κ3) is 1.22. The van der Waals surface area contributed by atoms with Crippen molar-refractivity contribution in [1.29, 1.82) is 0 Å². The Morgan fingerprint density at radius 1 is 1.36 bits per heavy atom. The van der Waals surface area contributed by atoms with Gasteiger partial charge in [0.25, 0.3) is 0 Å². The molecule has 0 aliphatic rings. The molecule has 0 aliphatic carbocycles. The standard InChI is InChI=1S/C7H7N3.CH4/c1-6-8-7-4-2-3-5-10(7)9-6;/h2-5H,1H3;1H4. The summed E-state index contributed by atoms with van der Waals surface area (Å²) < 4.78 is 1.76. The topological polar surface area (TPSA) is 30.2 Å². The molecule has 0 amide bonds. The first kappa shape index (κ1) is 7.72. The second-order valence-electron chi connectivity index (χ2n) is 2.16. The summed E-state index contributed by atoms with van der Waals surface area (Å²) in [7, 11) is 0. The number of aromatic nitrogens is 3. The SMILES string of the molecule is C.Cc1nc2ccccn2n1. The molecule has 2 aromatic rings. The van der Waals surface area contributed by atoms with E-state index in [1.807, 2.05) is 31.3 Å². The number of pyridine rings is 1. The summed E-state index contributed by atoms with van der Waals surface area (Å²) in [6.45, 7) is 1.88. The van der Waals surface area contributed by atoms with E-state index < -0.39 is 0 Å². The van der Waals surface area contributed by atoms with E-state index in [0.717, 1.165) is 11.5 Å². The molecule has 3 nitrogen and oxygen atoms in total. The highest BCUT2D eigenvalue weighted by Crippen LogP contribution is 1.97. The lowest BCUT2D eigenvalue weighted by Crippen LogP contribution is -1.83. The molecular weight excluding hydrogens is 138 g/mol. The summed E-state index contributed by atoms with van der Waals surface area (Å²) in [5.41, 5.74) is 0.903. The van der Waals surface area contributed by atoms with Crippen LogP contribution in [0.1, 0.15) is 13.3 Å². The Labute approximate surface area is 65.7 Å². The molecule has 58 valence electrons. The van der Waals surface area contributed by atoms with Crippen molar-refractivity contribution in [3.05, 3.63) is 30.2 Å². The van der Waals surface area contributed by atoms with E-state index in [9.17, 15) is 0 Å². The number of fused-ring (bicyclic) bond motifs is 1. The summed E-state index contributed by atoms with van der Waals surface area (Å²) in [6, 6.07) is 5.81. The minimum absolute atomic E-state index is 0. The van der Waals surface area contributed by atoms with Gasteiger partial charge in [-0.1, -0.05) is 13.5 Å². The van der Waals surface area contributed by atoms with E-state index in [-0.39, 0.29) is 7.43 Å². The van der Waals surface area contributed by atoms with Gasteiger partial charge in [-0.05, 0) is 19.1 Å². The highest BCUT2D eigenvalue weighted by molar-refractivity contribution is 5.35. The van der Waals surface area contributed by atoms with Crippen molar-refractivity contribution in [2.45, 2.75) is 14.4 Å². The van der Waals surface area contributed by atoms with Gasteiger partial charge in [0.2, 0.25) is 0 Å². The van der Waals surface area contributed by atoms with E-state index in [4.69, 9.17) is 0 Å². The number of rotatable bonds is 0. The van der Waals surface area contributed by atoms with E-state index in [2.05, 4.69) is 10.1 Å². The van der Waals surface area contributed by atoms with E-state index in [1.54, 1.807) is 4.52 Å². The fraction of sp³-hybridized carbons (Fsp3) is 0.250. The smallest absolute Gasteiger partial charge is 0.155 e. The maximum atomic E-state index is 4.16. The Balaban J connectivity index is 0.000000605. The fourth-order valence-corrected chi connectivity index (χ4v) is 0.943. The number of nitrogens with zero attached hydrogens (tertiary/aromatic N) is 3. The monoisotopic (exact) mass is 149 g/mol. The Morgan fingerprint density at radius 3 is 2.91 bits per heavy atom. The summed E-state index contributed by atoms with van der Waals surface area (Å²) in [5.74, 6) is 0.811. The average molecular weight is 149 g/mol. The Morgan fingerprint density at radius 2 is 2.18 bits per heavy atom. The summed E-state index contributed by atoms with van der Waals surface area (Å²) in [5, 5.41) is 4.12. The lowest BCUT2D eigenvalue weighted by atomic mass is 10.5. The normalized spacial score (nSPS) is 9.55. The molecule has 0 fully saturated rings. The molecule has 0 bridgehead atoms. The zero-order valence-corrected chi connectivity index (χ0v) is 5.65. The molecule has 0 radical (unpaired) electrons. The molecule has 0 saturated carbocycles. The van der Waals surface area contributed by atoms with Crippen LogP contribution in [0.5, 0.6) is 0 Å². The van der Waals surface area contributed by atoms with Crippen LogP contribution < -0.4 is 0 Å². The molecule has 3 heteroatoms. The Hall–Kier alpha value is -1.38. The van der Waals surface area contributed by atoms with E-state index in [1.165, 1.54) is 0 Å². The first-order chi connectivity index (χ1) is 4.86. The number of hydrogen-bond acceptors (Lipinski definition) is 2. The van der Waals surface area contributed by atoms with Crippen molar-refractivity contribution in [3.8, 4) is 0 Å². The van der Waals surface area contributed by atoms with Crippen molar-refractivity contribution >= 4 is 5.65 Å². The lowest BCUT2D eigenvalue weighted by Gasteiger charge is -1.84. The van der Waals surface area contributed by atoms with Gasteiger partial charge >= 0.3 is 0 Å². The van der Waals surface area contributed by atoms with Crippen molar-refractivity contribution < 1.29 is 0 Å². The second-order valence-corrected chi connectivity index (χ2v) is 2.16. The first-order valence-corrected chi connectivity index (χ1v) is 3.14. The average Bonchev–Trinajstić information content (AvgIpc) is 2.27. The van der Waals surface area contributed by atoms with Crippen LogP contribution in [0.4, 0.5) is 0 Å². The van der Waals surface area contributed by atoms with Gasteiger partial charge in [0.05, 0.1) is 0 Å². The van der Waals surface area contributed by atoms with Crippen molar-refractivity contribution in [1.82, 2.24) is 14.6 Å². The van der Waals surface area contributed by atoms with Crippen LogP contribution >= 0.6 is 0 Å². The van der Waals surface area contributed by atoms with Gasteiger partial charge in [-0.25, -0.2) is 9.50 Å². The second kappa shape index (κ2) is 2.70. The van der Waals surface area contributed by atoms with Gasteiger partial charge < -0.3 is 0 Å². The van der Waals surface area contributed by atoms with Crippen molar-refractivity contribution in [2.75, 3.05) is 0 Å². The quantitative estimate of drug-likeness (QED) is 0.570. The molecule has 0 spiro atoms. The minimum atomic E-state index is 0. The zero-order valence-electron chi connectivity index (χ0n) is 5.65. The summed E-state index contributed by atoms with van der Waals surface area (Å²) in [4.78, 5) is 4.16. The van der Waals surface area contributed by atoms with Crippen molar-refractivity contribution in [2.24, 2.45) is 0 Å². The molecule has 0 atom stereocenters. The molecule has 11 heavy (non-hydrogen) atoms. The van der Waals surface area contributed by atoms with Gasteiger partial charge in [0, 0.05) is 6.20 Å². The van der Waals surface area contributed by atoms with Crippen LogP contribution in [0.3, 0.4) is 0 Å². The molecule has 2 heterocycles. The molecule has 0 aliphatic heterocycles. The highest BCUT2D eigenvalue weighted by atomic mass is 15.3. The third-order valence-corrected chi connectivity index (χ3v) is 1.35. The van der Waals surface area contributed by atoms with Crippen LogP contribution in [-0.2, 0) is 0 Å². The largest absolute Gasteiger partial charge is 0.221 e. The van der Waals surface area contributed by atoms with Gasteiger partial charge in [-0.3, -0.25) is 0 Å². The molecular formula is C8H11N3. The maximum Gasteiger partial charge on any atom is 0.155 e. The number of hydrogen-bond donors (Lipinski definition) is 0. The van der Waals surface area contributed by atoms with Crippen LogP contribution in [0.25, 0.3) is 5.65 Å². The number of aryl methyl sites for hydroxylation is 1. The van der Waals surface area contributed by atoms with Gasteiger partial charge in [-0.15, -0.1) is 0 Å². The van der Waals surface area contributed by atoms with Crippen LogP contribution in [0.2, 0.25) is 0 Å². The lowest BCUT2D eigenvalue weighted by molar-refractivity contribution is 0.931. The van der Waals surface area contributed by atoms with Crippen LogP contribution in [-0.4, -0.2) is 14.6 Å². The van der Waals surface area contributed by atoms with Gasteiger partial charge in [0.15, 0.2) is 5.65 Å². The van der Waals surface area contributed by atoms with E-state index >= 15 is 0 Å². The molecule has 0 aromatic carbocycles. The molecule has 0 unspecified atom stereocenters. The highest BCUT2D eigenvalue weighted by Gasteiger charge is 1.93. The predicted octanol–water partition coefficient (Wildman–Crippen LogP) is 1.67. The van der Waals surface area contributed by atoms with Crippen LogP contribution in [0.15, 0.2) is 24.4 Å². The maximum absolute atomic E-state index is 4.16. The Kier molecular flexibility index (Phi) is 1.89.